The topological polar surface area (TPSA) is 28.7 Å². The van der Waals surface area contributed by atoms with Crippen LogP contribution in [0, 0.1) is 6.92 Å². The van der Waals surface area contributed by atoms with Crippen LogP contribution in [0.5, 0.6) is 0 Å². The molecule has 18 heavy (non-hydrogen) atoms. The van der Waals surface area contributed by atoms with Crippen molar-refractivity contribution in [2.24, 2.45) is 0 Å². The molecule has 90 valence electrons. The molecule has 2 nitrogen and oxygen atoms in total. The number of fused-ring (bicyclic) bond motifs is 1. The van der Waals surface area contributed by atoms with Gasteiger partial charge in [-0.15, -0.1) is 0 Å². The lowest BCUT2D eigenvalue weighted by molar-refractivity contribution is 1.08. The highest BCUT2D eigenvalue weighted by Crippen LogP contribution is 2.30. The molecular weight excluding hydrogens is 220 g/mol. The monoisotopic (exact) mass is 236 g/mol. The first-order valence-corrected chi connectivity index (χ1v) is 6.32. The van der Waals surface area contributed by atoms with E-state index in [2.05, 4.69) is 54.3 Å². The number of rotatable bonds is 2. The van der Waals surface area contributed by atoms with Crippen molar-refractivity contribution in [2.45, 2.75) is 20.3 Å². The van der Waals surface area contributed by atoms with Crippen LogP contribution in [0.4, 0.5) is 0 Å². The van der Waals surface area contributed by atoms with Crippen molar-refractivity contribution in [3.05, 3.63) is 53.9 Å². The predicted octanol–water partition coefficient (Wildman–Crippen LogP) is 4.10. The number of aromatic nitrogens is 2. The van der Waals surface area contributed by atoms with Crippen LogP contribution >= 0.6 is 0 Å². The number of hydrogen-bond donors (Lipinski definition) is 1. The minimum atomic E-state index is 1.01. The van der Waals surface area contributed by atoms with E-state index in [1.54, 1.807) is 0 Å². The molecule has 0 aliphatic heterocycles. The minimum Gasteiger partial charge on any atom is -0.360 e. The molecule has 0 fully saturated rings. The van der Waals surface area contributed by atoms with Gasteiger partial charge < -0.3 is 4.98 Å². The zero-order valence-corrected chi connectivity index (χ0v) is 10.7. The Bertz CT molecular complexity index is 695. The standard InChI is InChI=1S/C16H16N2/c1-3-12-11(2)8-9-17-16(12)14-10-18-15-7-5-4-6-13(14)15/h4-10,18H,3H2,1-2H3. The summed E-state index contributed by atoms with van der Waals surface area (Å²) >= 11 is 0. The van der Waals surface area contributed by atoms with Gasteiger partial charge in [-0.1, -0.05) is 25.1 Å². The number of aromatic amines is 1. The van der Waals surface area contributed by atoms with Gasteiger partial charge in [0.05, 0.1) is 5.69 Å². The largest absolute Gasteiger partial charge is 0.360 e. The number of benzene rings is 1. The van der Waals surface area contributed by atoms with Crippen molar-refractivity contribution in [1.29, 1.82) is 0 Å². The first-order valence-electron chi connectivity index (χ1n) is 6.32. The fourth-order valence-corrected chi connectivity index (χ4v) is 2.53. The fraction of sp³-hybridized carbons (Fsp3) is 0.188. The van der Waals surface area contributed by atoms with E-state index in [0.29, 0.717) is 0 Å². The number of hydrogen-bond acceptors (Lipinski definition) is 1. The molecule has 2 heterocycles. The van der Waals surface area contributed by atoms with Crippen LogP contribution in [-0.4, -0.2) is 9.97 Å². The Morgan fingerprint density at radius 1 is 1.17 bits per heavy atom. The Morgan fingerprint density at radius 3 is 2.83 bits per heavy atom. The molecule has 1 N–H and O–H groups in total. The van der Waals surface area contributed by atoms with Crippen LogP contribution in [-0.2, 0) is 6.42 Å². The number of H-pyrrole nitrogens is 1. The van der Waals surface area contributed by atoms with Gasteiger partial charge in [0.15, 0.2) is 0 Å². The van der Waals surface area contributed by atoms with Crippen LogP contribution in [0.1, 0.15) is 18.1 Å². The lowest BCUT2D eigenvalue weighted by atomic mass is 9.99. The Hall–Kier alpha value is -2.09. The average molecular weight is 236 g/mol. The van der Waals surface area contributed by atoms with Crippen molar-refractivity contribution in [3.63, 3.8) is 0 Å². The van der Waals surface area contributed by atoms with Crippen LogP contribution in [0.2, 0.25) is 0 Å². The molecule has 2 aromatic heterocycles. The van der Waals surface area contributed by atoms with Crippen LogP contribution in [0.25, 0.3) is 22.2 Å². The molecule has 0 saturated heterocycles. The predicted molar refractivity (Wildman–Crippen MR) is 75.6 cm³/mol. The van der Waals surface area contributed by atoms with E-state index in [1.165, 1.54) is 22.1 Å². The maximum absolute atomic E-state index is 4.58. The number of pyridine rings is 1. The molecule has 0 aliphatic rings. The Labute approximate surface area is 107 Å². The number of para-hydroxylation sites is 1. The molecule has 0 bridgehead atoms. The molecule has 0 amide bonds. The normalized spacial score (nSPS) is 11.0. The fourth-order valence-electron chi connectivity index (χ4n) is 2.53. The quantitative estimate of drug-likeness (QED) is 0.713. The third-order valence-corrected chi connectivity index (χ3v) is 3.49. The summed E-state index contributed by atoms with van der Waals surface area (Å²) in [6.45, 7) is 4.33. The van der Waals surface area contributed by atoms with Gasteiger partial charge in [0.2, 0.25) is 0 Å². The summed E-state index contributed by atoms with van der Waals surface area (Å²) in [5.41, 5.74) is 6.12. The van der Waals surface area contributed by atoms with Crippen molar-refractivity contribution < 1.29 is 0 Å². The lowest BCUT2D eigenvalue weighted by Gasteiger charge is -2.08. The van der Waals surface area contributed by atoms with E-state index in [-0.39, 0.29) is 0 Å². The van der Waals surface area contributed by atoms with Crippen molar-refractivity contribution in [2.75, 3.05) is 0 Å². The van der Waals surface area contributed by atoms with Gasteiger partial charge in [0, 0.05) is 28.9 Å². The molecule has 0 aliphatic carbocycles. The molecule has 0 saturated carbocycles. The zero-order valence-electron chi connectivity index (χ0n) is 10.7. The highest BCUT2D eigenvalue weighted by Gasteiger charge is 2.11. The molecule has 0 spiro atoms. The highest BCUT2D eigenvalue weighted by molar-refractivity contribution is 5.95. The van der Waals surface area contributed by atoms with Gasteiger partial charge in [-0.25, -0.2) is 0 Å². The summed E-state index contributed by atoms with van der Waals surface area (Å²) in [6.07, 6.45) is 4.96. The summed E-state index contributed by atoms with van der Waals surface area (Å²) in [5, 5.41) is 1.24. The second-order valence-electron chi connectivity index (χ2n) is 4.56. The van der Waals surface area contributed by atoms with Gasteiger partial charge in [0.25, 0.3) is 0 Å². The molecular formula is C16H16N2. The van der Waals surface area contributed by atoms with Crippen LogP contribution in [0.15, 0.2) is 42.7 Å². The van der Waals surface area contributed by atoms with E-state index in [1.807, 2.05) is 12.3 Å². The summed E-state index contributed by atoms with van der Waals surface area (Å²) in [7, 11) is 0. The van der Waals surface area contributed by atoms with Gasteiger partial charge in [-0.05, 0) is 36.6 Å². The SMILES string of the molecule is CCc1c(C)ccnc1-c1c[nH]c2ccccc12. The third kappa shape index (κ3) is 1.61. The highest BCUT2D eigenvalue weighted by atomic mass is 14.7. The summed E-state index contributed by atoms with van der Waals surface area (Å²) in [6, 6.07) is 10.4. The van der Waals surface area contributed by atoms with Gasteiger partial charge >= 0.3 is 0 Å². The van der Waals surface area contributed by atoms with E-state index >= 15 is 0 Å². The molecule has 2 heteroatoms. The Balaban J connectivity index is 2.30. The Morgan fingerprint density at radius 2 is 2.00 bits per heavy atom. The number of nitrogens with zero attached hydrogens (tertiary/aromatic N) is 1. The third-order valence-electron chi connectivity index (χ3n) is 3.49. The van der Waals surface area contributed by atoms with Gasteiger partial charge in [0.1, 0.15) is 0 Å². The number of nitrogens with one attached hydrogen (secondary N) is 1. The van der Waals surface area contributed by atoms with E-state index < -0.39 is 0 Å². The maximum atomic E-state index is 4.58. The van der Waals surface area contributed by atoms with E-state index in [9.17, 15) is 0 Å². The smallest absolute Gasteiger partial charge is 0.0757 e. The molecule has 3 aromatic rings. The van der Waals surface area contributed by atoms with E-state index in [4.69, 9.17) is 0 Å². The van der Waals surface area contributed by atoms with Gasteiger partial charge in [-0.2, -0.15) is 0 Å². The van der Waals surface area contributed by atoms with Crippen LogP contribution in [0.3, 0.4) is 0 Å². The first-order chi connectivity index (χ1) is 8.81. The average Bonchev–Trinajstić information content (AvgIpc) is 2.82. The van der Waals surface area contributed by atoms with Crippen LogP contribution < -0.4 is 0 Å². The first kappa shape index (κ1) is 11.0. The van der Waals surface area contributed by atoms with E-state index in [0.717, 1.165) is 17.6 Å². The molecule has 3 rings (SSSR count). The number of aryl methyl sites for hydroxylation is 1. The lowest BCUT2D eigenvalue weighted by Crippen LogP contribution is -1.94. The zero-order chi connectivity index (χ0) is 12.5. The van der Waals surface area contributed by atoms with Gasteiger partial charge in [-0.3, -0.25) is 4.98 Å². The van der Waals surface area contributed by atoms with Crippen molar-refractivity contribution in [3.8, 4) is 11.3 Å². The summed E-state index contributed by atoms with van der Waals surface area (Å²) in [4.78, 5) is 7.90. The minimum absolute atomic E-state index is 1.01. The summed E-state index contributed by atoms with van der Waals surface area (Å²) in [5.74, 6) is 0. The van der Waals surface area contributed by atoms with Crippen molar-refractivity contribution in [1.82, 2.24) is 9.97 Å². The molecule has 0 atom stereocenters. The molecule has 0 radical (unpaired) electrons. The molecule has 1 aromatic carbocycles. The second-order valence-corrected chi connectivity index (χ2v) is 4.56. The second kappa shape index (κ2) is 4.30. The van der Waals surface area contributed by atoms with Crippen molar-refractivity contribution >= 4 is 10.9 Å². The summed E-state index contributed by atoms with van der Waals surface area (Å²) < 4.78 is 0. The molecule has 0 unspecified atom stereocenters. The Kier molecular flexibility index (Phi) is 2.63. The maximum Gasteiger partial charge on any atom is 0.0757 e.